The van der Waals surface area contributed by atoms with E-state index in [1.807, 2.05) is 13.8 Å². The van der Waals surface area contributed by atoms with Crippen LogP contribution in [-0.2, 0) is 26.2 Å². The highest BCUT2D eigenvalue weighted by molar-refractivity contribution is 7.92. The van der Waals surface area contributed by atoms with Crippen LogP contribution in [0.1, 0.15) is 37.8 Å². The number of anilines is 1. The van der Waals surface area contributed by atoms with Gasteiger partial charge in [0.15, 0.2) is 0 Å². The van der Waals surface area contributed by atoms with Crippen molar-refractivity contribution >= 4 is 50.7 Å². The van der Waals surface area contributed by atoms with E-state index < -0.39 is 28.5 Å². The predicted molar refractivity (Wildman–Crippen MR) is 138 cm³/mol. The summed E-state index contributed by atoms with van der Waals surface area (Å²) in [7, 11) is -3.76. The number of sulfonamides is 1. The number of aryl methyl sites for hydroxylation is 1. The summed E-state index contributed by atoms with van der Waals surface area (Å²) in [6.45, 7) is 5.73. The van der Waals surface area contributed by atoms with Gasteiger partial charge in [-0.1, -0.05) is 60.8 Å². The van der Waals surface area contributed by atoms with Gasteiger partial charge in [-0.3, -0.25) is 13.9 Å². The predicted octanol–water partition coefficient (Wildman–Crippen LogP) is 4.40. The first-order valence-electron chi connectivity index (χ1n) is 11.0. The molecular weight excluding hydrogens is 497 g/mol. The number of carbonyl (C=O) groups is 2. The Hall–Kier alpha value is -2.29. The van der Waals surface area contributed by atoms with Gasteiger partial charge in [0.1, 0.15) is 12.6 Å². The zero-order chi connectivity index (χ0) is 25.5. The van der Waals surface area contributed by atoms with Crippen LogP contribution in [0.25, 0.3) is 0 Å². The van der Waals surface area contributed by atoms with Gasteiger partial charge >= 0.3 is 0 Å². The van der Waals surface area contributed by atoms with Gasteiger partial charge in [-0.05, 0) is 49.6 Å². The molecule has 0 aliphatic rings. The second-order valence-corrected chi connectivity index (χ2v) is 10.8. The molecule has 0 unspecified atom stereocenters. The third-order valence-corrected chi connectivity index (χ3v) is 7.15. The largest absolute Gasteiger partial charge is 0.354 e. The van der Waals surface area contributed by atoms with Crippen molar-refractivity contribution < 1.29 is 18.0 Å². The second kappa shape index (κ2) is 12.4. The topological polar surface area (TPSA) is 86.8 Å². The van der Waals surface area contributed by atoms with Gasteiger partial charge < -0.3 is 10.2 Å². The molecule has 2 rings (SSSR count). The Morgan fingerprint density at radius 3 is 2.21 bits per heavy atom. The fraction of sp³-hybridized carbons (Fsp3) is 0.417. The number of benzene rings is 2. The molecule has 1 N–H and O–H groups in total. The lowest BCUT2D eigenvalue weighted by molar-refractivity contribution is -0.140. The number of nitrogens with one attached hydrogen (secondary N) is 1. The van der Waals surface area contributed by atoms with Crippen molar-refractivity contribution in [2.45, 2.75) is 46.2 Å². The second-order valence-electron chi connectivity index (χ2n) is 8.09. The van der Waals surface area contributed by atoms with E-state index in [-0.39, 0.29) is 12.5 Å². The molecule has 0 saturated carbocycles. The summed E-state index contributed by atoms with van der Waals surface area (Å²) in [5.41, 5.74) is 2.01. The van der Waals surface area contributed by atoms with Crippen LogP contribution in [0.3, 0.4) is 0 Å². The van der Waals surface area contributed by atoms with Crippen LogP contribution in [0.15, 0.2) is 42.5 Å². The molecule has 2 aromatic carbocycles. The van der Waals surface area contributed by atoms with Crippen LogP contribution in [0, 0.1) is 6.92 Å². The first-order chi connectivity index (χ1) is 16.0. The molecule has 0 fully saturated rings. The molecule has 0 radical (unpaired) electrons. The van der Waals surface area contributed by atoms with Crippen LogP contribution in [0.4, 0.5) is 5.69 Å². The van der Waals surface area contributed by atoms with Gasteiger partial charge in [-0.25, -0.2) is 8.42 Å². The first kappa shape index (κ1) is 28.0. The van der Waals surface area contributed by atoms with E-state index in [4.69, 9.17) is 23.2 Å². The molecule has 0 saturated heterocycles. The lowest BCUT2D eigenvalue weighted by Crippen LogP contribution is -2.52. The van der Waals surface area contributed by atoms with E-state index in [0.717, 1.165) is 22.5 Å². The molecule has 0 heterocycles. The van der Waals surface area contributed by atoms with Crippen molar-refractivity contribution in [3.8, 4) is 0 Å². The van der Waals surface area contributed by atoms with Gasteiger partial charge in [-0.15, -0.1) is 0 Å². The third-order valence-electron chi connectivity index (χ3n) is 5.27. The zero-order valence-electron chi connectivity index (χ0n) is 19.8. The SMILES string of the molecule is CCCNC(=O)[C@@H](CC)N(Cc1ccc(Cl)c(Cl)c1)C(=O)CN(c1ccc(C)cc1)S(C)(=O)=O. The molecule has 0 spiro atoms. The highest BCUT2D eigenvalue weighted by atomic mass is 35.5. The number of halogens is 2. The Bertz CT molecular complexity index is 1110. The molecule has 2 amide bonds. The molecule has 1 atom stereocenters. The molecule has 186 valence electrons. The summed E-state index contributed by atoms with van der Waals surface area (Å²) in [5, 5.41) is 3.53. The maximum absolute atomic E-state index is 13.6. The van der Waals surface area contributed by atoms with Gasteiger partial charge in [0.25, 0.3) is 0 Å². The Labute approximate surface area is 212 Å². The van der Waals surface area contributed by atoms with E-state index in [1.54, 1.807) is 49.4 Å². The number of hydrogen-bond acceptors (Lipinski definition) is 4. The van der Waals surface area contributed by atoms with Gasteiger partial charge in [0.05, 0.1) is 22.0 Å². The highest BCUT2D eigenvalue weighted by Crippen LogP contribution is 2.25. The first-order valence-corrected chi connectivity index (χ1v) is 13.6. The monoisotopic (exact) mass is 527 g/mol. The van der Waals surface area contributed by atoms with Gasteiger partial charge in [0, 0.05) is 13.1 Å². The van der Waals surface area contributed by atoms with Gasteiger partial charge in [0.2, 0.25) is 21.8 Å². The summed E-state index contributed by atoms with van der Waals surface area (Å²) >= 11 is 12.2. The van der Waals surface area contributed by atoms with Crippen molar-refractivity contribution in [2.75, 3.05) is 23.7 Å². The van der Waals surface area contributed by atoms with E-state index >= 15 is 0 Å². The molecule has 0 bridgehead atoms. The number of nitrogens with zero attached hydrogens (tertiary/aromatic N) is 2. The van der Waals surface area contributed by atoms with E-state index in [9.17, 15) is 18.0 Å². The van der Waals surface area contributed by atoms with Crippen molar-refractivity contribution in [2.24, 2.45) is 0 Å². The summed E-state index contributed by atoms with van der Waals surface area (Å²) in [6, 6.07) is 11.0. The number of hydrogen-bond donors (Lipinski definition) is 1. The van der Waals surface area contributed by atoms with Crippen LogP contribution in [0.5, 0.6) is 0 Å². The maximum Gasteiger partial charge on any atom is 0.244 e. The van der Waals surface area contributed by atoms with E-state index in [2.05, 4.69) is 5.32 Å². The average Bonchev–Trinajstić information content (AvgIpc) is 2.78. The zero-order valence-corrected chi connectivity index (χ0v) is 22.2. The lowest BCUT2D eigenvalue weighted by Gasteiger charge is -2.33. The number of carbonyl (C=O) groups excluding carboxylic acids is 2. The molecule has 0 aliphatic carbocycles. The fourth-order valence-corrected chi connectivity index (χ4v) is 4.62. The minimum Gasteiger partial charge on any atom is -0.354 e. The summed E-state index contributed by atoms with van der Waals surface area (Å²) in [5.74, 6) is -0.797. The molecular formula is C24H31Cl2N3O4S. The van der Waals surface area contributed by atoms with Crippen LogP contribution < -0.4 is 9.62 Å². The van der Waals surface area contributed by atoms with Crippen molar-refractivity contribution in [3.05, 3.63) is 63.6 Å². The standard InChI is InChI=1S/C24H31Cl2N3O4S/c1-5-13-27-24(31)22(6-2)28(15-18-9-12-20(25)21(26)14-18)23(30)16-29(34(4,32)33)19-10-7-17(3)8-11-19/h7-12,14,22H,5-6,13,15-16H2,1-4H3,(H,27,31)/t22-/m1/s1. The van der Waals surface area contributed by atoms with E-state index in [0.29, 0.717) is 34.3 Å². The minimum absolute atomic E-state index is 0.0687. The van der Waals surface area contributed by atoms with Crippen LogP contribution >= 0.6 is 23.2 Å². The molecule has 2 aromatic rings. The Kier molecular flexibility index (Phi) is 10.2. The Morgan fingerprint density at radius 1 is 1.03 bits per heavy atom. The number of amides is 2. The fourth-order valence-electron chi connectivity index (χ4n) is 3.44. The summed E-state index contributed by atoms with van der Waals surface area (Å²) in [4.78, 5) is 27.9. The average molecular weight is 529 g/mol. The van der Waals surface area contributed by atoms with Crippen molar-refractivity contribution in [3.63, 3.8) is 0 Å². The molecule has 7 nitrogen and oxygen atoms in total. The van der Waals surface area contributed by atoms with Crippen molar-refractivity contribution in [1.29, 1.82) is 0 Å². The van der Waals surface area contributed by atoms with Crippen LogP contribution in [0.2, 0.25) is 10.0 Å². The minimum atomic E-state index is -3.76. The quantitative estimate of drug-likeness (QED) is 0.469. The molecule has 0 aliphatic heterocycles. The Balaban J connectivity index is 2.43. The number of rotatable bonds is 11. The molecule has 34 heavy (non-hydrogen) atoms. The normalized spacial score (nSPS) is 12.2. The van der Waals surface area contributed by atoms with Gasteiger partial charge in [-0.2, -0.15) is 0 Å². The maximum atomic E-state index is 13.6. The molecule has 0 aromatic heterocycles. The Morgan fingerprint density at radius 2 is 1.68 bits per heavy atom. The van der Waals surface area contributed by atoms with E-state index in [1.165, 1.54) is 4.90 Å². The summed E-state index contributed by atoms with van der Waals surface area (Å²) < 4.78 is 26.2. The highest BCUT2D eigenvalue weighted by Gasteiger charge is 2.31. The van der Waals surface area contributed by atoms with Crippen LogP contribution in [-0.4, -0.2) is 50.5 Å². The molecule has 10 heteroatoms. The smallest absolute Gasteiger partial charge is 0.244 e. The third kappa shape index (κ3) is 7.61. The lowest BCUT2D eigenvalue weighted by atomic mass is 10.1. The summed E-state index contributed by atoms with van der Waals surface area (Å²) in [6.07, 6.45) is 2.15. The van der Waals surface area contributed by atoms with Crippen molar-refractivity contribution in [1.82, 2.24) is 10.2 Å².